The van der Waals surface area contributed by atoms with E-state index in [1.165, 1.54) is 6.07 Å². The summed E-state index contributed by atoms with van der Waals surface area (Å²) in [6.45, 7) is 7.62. The van der Waals surface area contributed by atoms with Crippen LogP contribution in [0.2, 0.25) is 0 Å². The lowest BCUT2D eigenvalue weighted by atomic mass is 10.1. The van der Waals surface area contributed by atoms with Crippen LogP contribution in [0.25, 0.3) is 11.0 Å². The third-order valence-corrected chi connectivity index (χ3v) is 4.50. The van der Waals surface area contributed by atoms with Crippen LogP contribution in [0.1, 0.15) is 30.5 Å². The lowest BCUT2D eigenvalue weighted by Crippen LogP contribution is -2.30. The number of rotatable bonds is 5. The van der Waals surface area contributed by atoms with E-state index in [4.69, 9.17) is 9.15 Å². The van der Waals surface area contributed by atoms with Crippen molar-refractivity contribution in [2.75, 3.05) is 5.32 Å². The average Bonchev–Trinajstić information content (AvgIpc) is 2.62. The number of aryl methyl sites for hydroxylation is 3. The summed E-state index contributed by atoms with van der Waals surface area (Å²) < 4.78 is 11.0. The van der Waals surface area contributed by atoms with Crippen LogP contribution in [0.3, 0.4) is 0 Å². The maximum absolute atomic E-state index is 12.5. The van der Waals surface area contributed by atoms with Gasteiger partial charge in [-0.15, -0.1) is 0 Å². The van der Waals surface area contributed by atoms with Gasteiger partial charge >= 0.3 is 5.63 Å². The number of ether oxygens (including phenoxy) is 1. The number of benzene rings is 2. The number of carbonyl (C=O) groups is 1. The van der Waals surface area contributed by atoms with Gasteiger partial charge in [-0.25, -0.2) is 4.79 Å². The van der Waals surface area contributed by atoms with Crippen molar-refractivity contribution in [2.24, 2.45) is 0 Å². The van der Waals surface area contributed by atoms with Crippen molar-refractivity contribution in [3.63, 3.8) is 0 Å². The highest BCUT2D eigenvalue weighted by atomic mass is 16.5. The molecule has 0 bridgehead atoms. The highest BCUT2D eigenvalue weighted by Crippen LogP contribution is 2.24. The first-order valence-electron chi connectivity index (χ1n) is 8.99. The van der Waals surface area contributed by atoms with Crippen LogP contribution >= 0.6 is 0 Å². The number of anilines is 1. The first kappa shape index (κ1) is 18.7. The van der Waals surface area contributed by atoms with Crippen LogP contribution in [0, 0.1) is 13.8 Å². The van der Waals surface area contributed by atoms with Crippen molar-refractivity contribution in [3.05, 3.63) is 69.6 Å². The summed E-state index contributed by atoms with van der Waals surface area (Å²) in [6.07, 6.45) is 0.0287. The normalized spacial score (nSPS) is 12.0. The second kappa shape index (κ2) is 7.66. The SMILES string of the molecule is CCc1cc(=O)oc2cc(OC(C)C(=O)Nc3ccc(C)cc3C)ccc12. The zero-order valence-electron chi connectivity index (χ0n) is 16.0. The molecule has 27 heavy (non-hydrogen) atoms. The predicted molar refractivity (Wildman–Crippen MR) is 106 cm³/mol. The number of nitrogens with one attached hydrogen (secondary N) is 1. The van der Waals surface area contributed by atoms with E-state index >= 15 is 0 Å². The molecule has 0 fully saturated rings. The monoisotopic (exact) mass is 365 g/mol. The zero-order chi connectivity index (χ0) is 19.6. The Morgan fingerprint density at radius 1 is 1.15 bits per heavy atom. The van der Waals surface area contributed by atoms with Gasteiger partial charge in [0.25, 0.3) is 5.91 Å². The quantitative estimate of drug-likeness (QED) is 0.682. The van der Waals surface area contributed by atoms with Gasteiger partial charge in [0.2, 0.25) is 0 Å². The fourth-order valence-corrected chi connectivity index (χ4v) is 3.02. The fraction of sp³-hybridized carbons (Fsp3) is 0.273. The molecule has 3 aromatic rings. The molecule has 0 saturated carbocycles. The smallest absolute Gasteiger partial charge is 0.336 e. The third-order valence-electron chi connectivity index (χ3n) is 4.50. The van der Waals surface area contributed by atoms with Gasteiger partial charge in [-0.1, -0.05) is 24.6 Å². The highest BCUT2D eigenvalue weighted by molar-refractivity contribution is 5.94. The van der Waals surface area contributed by atoms with Gasteiger partial charge in [-0.05, 0) is 56.5 Å². The largest absolute Gasteiger partial charge is 0.481 e. The Balaban J connectivity index is 1.77. The Hall–Kier alpha value is -3.08. The number of hydrogen-bond donors (Lipinski definition) is 1. The van der Waals surface area contributed by atoms with Crippen LogP contribution < -0.4 is 15.7 Å². The minimum Gasteiger partial charge on any atom is -0.481 e. The Bertz CT molecular complexity index is 1050. The van der Waals surface area contributed by atoms with E-state index in [0.717, 1.165) is 34.2 Å². The van der Waals surface area contributed by atoms with Gasteiger partial charge in [-0.3, -0.25) is 4.79 Å². The molecule has 0 aliphatic carbocycles. The average molecular weight is 365 g/mol. The van der Waals surface area contributed by atoms with Gasteiger partial charge in [0.05, 0.1) is 0 Å². The second-order valence-corrected chi connectivity index (χ2v) is 6.67. The molecule has 0 radical (unpaired) electrons. The van der Waals surface area contributed by atoms with E-state index in [1.807, 2.05) is 45.0 Å². The standard InChI is InChI=1S/C22H23NO4/c1-5-16-11-21(24)27-20-12-17(7-8-18(16)20)26-15(4)22(25)23-19-9-6-13(2)10-14(19)3/h6-12,15H,5H2,1-4H3,(H,23,25). The minimum absolute atomic E-state index is 0.245. The molecule has 0 spiro atoms. The summed E-state index contributed by atoms with van der Waals surface area (Å²) in [4.78, 5) is 24.2. The lowest BCUT2D eigenvalue weighted by molar-refractivity contribution is -0.122. The van der Waals surface area contributed by atoms with Crippen molar-refractivity contribution in [1.82, 2.24) is 0 Å². The number of fused-ring (bicyclic) bond motifs is 1. The van der Waals surface area contributed by atoms with Gasteiger partial charge in [-0.2, -0.15) is 0 Å². The molecular formula is C22H23NO4. The maximum atomic E-state index is 12.5. The highest BCUT2D eigenvalue weighted by Gasteiger charge is 2.16. The predicted octanol–water partition coefficient (Wildman–Crippen LogP) is 4.38. The van der Waals surface area contributed by atoms with Crippen molar-refractivity contribution in [3.8, 4) is 5.75 Å². The van der Waals surface area contributed by atoms with Crippen LogP contribution in [0.5, 0.6) is 5.75 Å². The first-order chi connectivity index (χ1) is 12.9. The summed E-state index contributed by atoms with van der Waals surface area (Å²) in [5.74, 6) is 0.230. The molecule has 5 heteroatoms. The summed E-state index contributed by atoms with van der Waals surface area (Å²) >= 11 is 0. The van der Waals surface area contributed by atoms with E-state index in [-0.39, 0.29) is 5.91 Å². The van der Waals surface area contributed by atoms with Crippen LogP contribution in [-0.4, -0.2) is 12.0 Å². The molecule has 0 aliphatic rings. The van der Waals surface area contributed by atoms with Gasteiger partial charge in [0.1, 0.15) is 11.3 Å². The van der Waals surface area contributed by atoms with E-state index in [0.29, 0.717) is 11.3 Å². The van der Waals surface area contributed by atoms with Crippen molar-refractivity contribution in [1.29, 1.82) is 0 Å². The molecule has 1 atom stereocenters. The van der Waals surface area contributed by atoms with Crippen molar-refractivity contribution >= 4 is 22.6 Å². The molecule has 1 heterocycles. The molecule has 3 rings (SSSR count). The lowest BCUT2D eigenvalue weighted by Gasteiger charge is -2.16. The summed E-state index contributed by atoms with van der Waals surface area (Å²) in [5.41, 5.74) is 3.89. The summed E-state index contributed by atoms with van der Waals surface area (Å²) in [6, 6.07) is 12.6. The number of carbonyl (C=O) groups excluding carboxylic acids is 1. The van der Waals surface area contributed by atoms with Crippen molar-refractivity contribution < 1.29 is 13.9 Å². The van der Waals surface area contributed by atoms with Crippen LogP contribution in [0.4, 0.5) is 5.69 Å². The molecule has 1 amide bonds. The fourth-order valence-electron chi connectivity index (χ4n) is 3.02. The van der Waals surface area contributed by atoms with Crippen LogP contribution in [0.15, 0.2) is 51.7 Å². The molecular weight excluding hydrogens is 342 g/mol. The summed E-state index contributed by atoms with van der Waals surface area (Å²) in [5, 5.41) is 3.76. The second-order valence-electron chi connectivity index (χ2n) is 6.67. The zero-order valence-corrected chi connectivity index (χ0v) is 16.0. The maximum Gasteiger partial charge on any atom is 0.336 e. The molecule has 140 valence electrons. The number of amides is 1. The molecule has 0 saturated heterocycles. The third kappa shape index (κ3) is 4.19. The van der Waals surface area contributed by atoms with Gasteiger partial charge in [0, 0.05) is 23.2 Å². The minimum atomic E-state index is -0.704. The van der Waals surface area contributed by atoms with Crippen molar-refractivity contribution in [2.45, 2.75) is 40.2 Å². The van der Waals surface area contributed by atoms with E-state index in [9.17, 15) is 9.59 Å². The molecule has 5 nitrogen and oxygen atoms in total. The molecule has 1 aromatic heterocycles. The Kier molecular flexibility index (Phi) is 5.31. The molecule has 0 aliphatic heterocycles. The molecule has 1 N–H and O–H groups in total. The van der Waals surface area contributed by atoms with Crippen LogP contribution in [-0.2, 0) is 11.2 Å². The van der Waals surface area contributed by atoms with Gasteiger partial charge in [0.15, 0.2) is 6.10 Å². The van der Waals surface area contributed by atoms with E-state index < -0.39 is 11.7 Å². The molecule has 2 aromatic carbocycles. The topological polar surface area (TPSA) is 68.5 Å². The van der Waals surface area contributed by atoms with Gasteiger partial charge < -0.3 is 14.5 Å². The first-order valence-corrected chi connectivity index (χ1v) is 8.99. The van der Waals surface area contributed by atoms with E-state index in [1.54, 1.807) is 19.1 Å². The summed E-state index contributed by atoms with van der Waals surface area (Å²) in [7, 11) is 0. The number of hydrogen-bond acceptors (Lipinski definition) is 4. The Morgan fingerprint density at radius 2 is 1.93 bits per heavy atom. The van der Waals surface area contributed by atoms with E-state index in [2.05, 4.69) is 5.32 Å². The Morgan fingerprint density at radius 3 is 2.63 bits per heavy atom. The molecule has 1 unspecified atom stereocenters. The Labute approximate surface area is 158 Å².